The molecule has 1 amide bonds. The van der Waals surface area contributed by atoms with E-state index in [-0.39, 0.29) is 34.9 Å². The van der Waals surface area contributed by atoms with Crippen molar-refractivity contribution in [3.63, 3.8) is 0 Å². The molecule has 1 aromatic heterocycles. The number of hydrogen-bond donors (Lipinski definition) is 1. The summed E-state index contributed by atoms with van der Waals surface area (Å²) in [4.78, 5) is 22.5. The molecule has 10 heteroatoms. The van der Waals surface area contributed by atoms with Crippen LogP contribution in [0.5, 0.6) is 0 Å². The van der Waals surface area contributed by atoms with Crippen LogP contribution in [-0.4, -0.2) is 76.5 Å². The van der Waals surface area contributed by atoms with Gasteiger partial charge in [0.05, 0.1) is 23.9 Å². The van der Waals surface area contributed by atoms with E-state index >= 15 is 0 Å². The third-order valence-electron chi connectivity index (χ3n) is 9.95. The lowest BCUT2D eigenvalue weighted by Crippen LogP contribution is -2.58. The van der Waals surface area contributed by atoms with Crippen LogP contribution in [0.15, 0.2) is 6.07 Å². The molecule has 2 aliphatic rings. The van der Waals surface area contributed by atoms with Crippen molar-refractivity contribution < 1.29 is 23.5 Å². The molecule has 0 bridgehead atoms. The molecule has 3 heterocycles. The predicted molar refractivity (Wildman–Crippen MR) is 181 cm³/mol. The highest BCUT2D eigenvalue weighted by Crippen LogP contribution is 2.43. The van der Waals surface area contributed by atoms with Crippen LogP contribution >= 0.6 is 0 Å². The fourth-order valence-electron chi connectivity index (χ4n) is 5.33. The zero-order valence-electron chi connectivity index (χ0n) is 29.8. The van der Waals surface area contributed by atoms with Crippen molar-refractivity contribution in [3.05, 3.63) is 22.9 Å². The Hall–Kier alpha value is -1.47. The van der Waals surface area contributed by atoms with E-state index in [1.165, 1.54) is 0 Å². The van der Waals surface area contributed by atoms with Crippen molar-refractivity contribution in [2.45, 2.75) is 149 Å². The molecule has 3 rings (SSSR count). The van der Waals surface area contributed by atoms with Crippen LogP contribution in [-0.2, 0) is 25.6 Å². The van der Waals surface area contributed by atoms with Gasteiger partial charge in [-0.15, -0.1) is 0 Å². The van der Waals surface area contributed by atoms with Crippen LogP contribution in [0.1, 0.15) is 113 Å². The Bertz CT molecular complexity index is 1160. The monoisotopic (exact) mass is 635 g/mol. The maximum absolute atomic E-state index is 13.0. The fraction of sp³-hybridized carbons (Fsp3) is 0.818. The number of carbonyl (C=O) groups excluding carboxylic acids is 1. The maximum atomic E-state index is 13.0. The number of carbonyl (C=O) groups is 1. The smallest absolute Gasteiger partial charge is 0.410 e. The zero-order valence-corrected chi connectivity index (χ0v) is 32.3. The highest BCUT2D eigenvalue weighted by Gasteiger charge is 2.44. The average Bonchev–Trinajstić information content (AvgIpc) is 3.21. The van der Waals surface area contributed by atoms with Gasteiger partial charge in [0.15, 0.2) is 18.1 Å². The topological polar surface area (TPSA) is 84.4 Å². The largest absolute Gasteiger partial charge is 0.444 e. The predicted octanol–water partition coefficient (Wildman–Crippen LogP) is 6.70. The minimum absolute atomic E-state index is 0.0429. The van der Waals surface area contributed by atoms with Gasteiger partial charge in [-0.3, -0.25) is 0 Å². The zero-order chi connectivity index (χ0) is 32.9. The molecule has 43 heavy (non-hydrogen) atoms. The number of rotatable bonds is 9. The summed E-state index contributed by atoms with van der Waals surface area (Å²) in [5, 5.41) is 11.9. The van der Waals surface area contributed by atoms with Crippen LogP contribution in [0, 0.1) is 5.92 Å². The van der Waals surface area contributed by atoms with Crippen LogP contribution < -0.4 is 4.90 Å². The average molecular weight is 636 g/mol. The Morgan fingerprint density at radius 1 is 1.09 bits per heavy atom. The molecule has 2 aliphatic heterocycles. The molecule has 246 valence electrons. The molecular weight excluding hydrogens is 575 g/mol. The Balaban J connectivity index is 1.99. The molecule has 1 saturated heterocycles. The van der Waals surface area contributed by atoms with Crippen molar-refractivity contribution in [1.82, 2.24) is 9.88 Å². The number of aromatic nitrogens is 1. The van der Waals surface area contributed by atoms with Crippen molar-refractivity contribution in [2.75, 3.05) is 24.6 Å². The van der Waals surface area contributed by atoms with Gasteiger partial charge in [-0.2, -0.15) is 0 Å². The standard InChI is InChI=1S/C33H61N3O5Si2/c1-21(2)33(12,13)42-41-32(10,11)27-25(26(37)20-39-43(14,15)31(7,8)9)17-23-16-24-19-35(29(38)40-30(4,5)6)18-22(3)36(24)28(23)34-27/h17,21-22,24,26,37H,16,18-20,42H2,1-15H3/t22-,24-,26?/m1/s1. The van der Waals surface area contributed by atoms with E-state index in [1.54, 1.807) is 0 Å². The number of ether oxygens (including phenoxy) is 1. The van der Waals surface area contributed by atoms with Crippen LogP contribution in [0.2, 0.25) is 23.2 Å². The number of amides is 1. The second-order valence-corrected chi connectivity index (χ2v) is 24.1. The first-order chi connectivity index (χ1) is 19.4. The van der Waals surface area contributed by atoms with Crippen LogP contribution in [0.4, 0.5) is 10.6 Å². The van der Waals surface area contributed by atoms with Gasteiger partial charge >= 0.3 is 6.09 Å². The molecule has 1 unspecified atom stereocenters. The molecule has 3 atom stereocenters. The van der Waals surface area contributed by atoms with Crippen molar-refractivity contribution in [2.24, 2.45) is 5.92 Å². The molecular formula is C33H61N3O5Si2. The van der Waals surface area contributed by atoms with Crippen molar-refractivity contribution in [1.29, 1.82) is 0 Å². The molecule has 0 aromatic carbocycles. The second-order valence-electron chi connectivity index (χ2n) is 16.9. The highest BCUT2D eigenvalue weighted by molar-refractivity contribution is 6.74. The molecule has 0 radical (unpaired) electrons. The highest BCUT2D eigenvalue weighted by atomic mass is 28.4. The van der Waals surface area contributed by atoms with E-state index in [1.807, 2.05) is 25.7 Å². The minimum atomic E-state index is -2.07. The first kappa shape index (κ1) is 36.0. The van der Waals surface area contributed by atoms with E-state index in [0.717, 1.165) is 29.1 Å². The summed E-state index contributed by atoms with van der Waals surface area (Å²) >= 11 is 0. The summed E-state index contributed by atoms with van der Waals surface area (Å²) in [5.74, 6) is 1.45. The molecule has 1 aromatic rings. The molecule has 1 fully saturated rings. The molecule has 0 aliphatic carbocycles. The van der Waals surface area contributed by atoms with E-state index in [0.29, 0.717) is 19.0 Å². The number of piperazine rings is 1. The first-order valence-electron chi connectivity index (χ1n) is 16.1. The Kier molecular flexibility index (Phi) is 10.4. The minimum Gasteiger partial charge on any atom is -0.444 e. The van der Waals surface area contributed by atoms with Crippen LogP contribution in [0.3, 0.4) is 0 Å². The normalized spacial score (nSPS) is 21.0. The van der Waals surface area contributed by atoms with Gasteiger partial charge in [0.2, 0.25) is 0 Å². The summed E-state index contributed by atoms with van der Waals surface area (Å²) in [5.41, 5.74) is 1.45. The Labute approximate surface area is 265 Å². The summed E-state index contributed by atoms with van der Waals surface area (Å²) in [6, 6.07) is 2.31. The Morgan fingerprint density at radius 3 is 2.23 bits per heavy atom. The summed E-state index contributed by atoms with van der Waals surface area (Å²) in [6.45, 7) is 33.5. The fourth-order valence-corrected chi connectivity index (χ4v) is 7.54. The number of aliphatic hydroxyl groups is 1. The lowest BCUT2D eigenvalue weighted by atomic mass is 9.94. The number of nitrogens with zero attached hydrogens (tertiary/aromatic N) is 3. The van der Waals surface area contributed by atoms with Crippen molar-refractivity contribution in [3.8, 4) is 0 Å². The number of hydrogen-bond acceptors (Lipinski definition) is 7. The molecule has 0 saturated carbocycles. The quantitative estimate of drug-likeness (QED) is 0.303. The number of pyridine rings is 1. The Morgan fingerprint density at radius 2 is 1.70 bits per heavy atom. The van der Waals surface area contributed by atoms with E-state index in [9.17, 15) is 9.90 Å². The number of aliphatic hydroxyl groups excluding tert-OH is 1. The SMILES string of the molecule is CC(C)C(C)(C)[SiH2]OC(C)(C)c1nc2c(cc1C(O)CO[Si](C)(C)C(C)(C)C)C[C@@H]1CN(C(=O)OC(C)(C)C)C[C@@H](C)N21. The van der Waals surface area contributed by atoms with E-state index in [4.69, 9.17) is 18.6 Å². The maximum Gasteiger partial charge on any atom is 0.410 e. The van der Waals surface area contributed by atoms with Crippen LogP contribution in [0.25, 0.3) is 0 Å². The number of fused-ring (bicyclic) bond motifs is 3. The second kappa shape index (κ2) is 12.4. The van der Waals surface area contributed by atoms with Crippen molar-refractivity contribution >= 4 is 30.0 Å². The van der Waals surface area contributed by atoms with Gasteiger partial charge in [-0.05, 0) is 88.7 Å². The number of anilines is 1. The summed E-state index contributed by atoms with van der Waals surface area (Å²) < 4.78 is 19.0. The van der Waals surface area contributed by atoms with Gasteiger partial charge in [-0.1, -0.05) is 48.5 Å². The van der Waals surface area contributed by atoms with Gasteiger partial charge in [0, 0.05) is 24.7 Å². The molecule has 0 spiro atoms. The van der Waals surface area contributed by atoms with Gasteiger partial charge in [0.1, 0.15) is 17.5 Å². The lowest BCUT2D eigenvalue weighted by molar-refractivity contribution is 0.0191. The molecule has 8 nitrogen and oxygen atoms in total. The van der Waals surface area contributed by atoms with Gasteiger partial charge < -0.3 is 28.5 Å². The first-order valence-corrected chi connectivity index (χ1v) is 20.3. The lowest BCUT2D eigenvalue weighted by Gasteiger charge is -2.43. The van der Waals surface area contributed by atoms with Gasteiger partial charge in [-0.25, -0.2) is 9.78 Å². The summed E-state index contributed by atoms with van der Waals surface area (Å²) in [6.07, 6.45) is -0.335. The van der Waals surface area contributed by atoms with Gasteiger partial charge in [0.25, 0.3) is 0 Å². The third kappa shape index (κ3) is 8.23. The van der Waals surface area contributed by atoms with E-state index < -0.39 is 35.4 Å². The molecule has 1 N–H and O–H groups in total. The summed E-state index contributed by atoms with van der Waals surface area (Å²) in [7, 11) is -3.01. The third-order valence-corrected chi connectivity index (χ3v) is 16.9. The van der Waals surface area contributed by atoms with E-state index in [2.05, 4.69) is 93.3 Å².